The lowest BCUT2D eigenvalue weighted by molar-refractivity contribution is -0.956. The number of piperidine rings is 3. The lowest BCUT2D eigenvalue weighted by Crippen LogP contribution is -2.66. The van der Waals surface area contributed by atoms with Gasteiger partial charge in [0.1, 0.15) is 17.9 Å². The van der Waals surface area contributed by atoms with Crippen molar-refractivity contribution in [2.24, 2.45) is 11.8 Å². The van der Waals surface area contributed by atoms with Crippen LogP contribution in [-0.4, -0.2) is 47.8 Å². The van der Waals surface area contributed by atoms with Crippen LogP contribution in [0, 0.1) is 11.8 Å². The van der Waals surface area contributed by atoms with Crippen LogP contribution < -0.4 is 4.74 Å². The van der Waals surface area contributed by atoms with Crippen LogP contribution in [0.5, 0.6) is 5.75 Å². The number of aliphatic hydroxyl groups excluding tert-OH is 1. The molecule has 25 heavy (non-hydrogen) atoms. The summed E-state index contributed by atoms with van der Waals surface area (Å²) in [6.07, 6.45) is 5.26. The van der Waals surface area contributed by atoms with Crippen molar-refractivity contribution < 1.29 is 18.4 Å². The van der Waals surface area contributed by atoms with Crippen LogP contribution in [0.15, 0.2) is 43.1 Å². The van der Waals surface area contributed by atoms with Crippen molar-refractivity contribution in [1.29, 1.82) is 0 Å². The Morgan fingerprint density at radius 1 is 1.48 bits per heavy atom. The zero-order valence-corrected chi connectivity index (χ0v) is 14.6. The maximum absolute atomic E-state index is 11.4. The predicted molar refractivity (Wildman–Crippen MR) is 99.4 cm³/mol. The Morgan fingerprint density at radius 3 is 3.12 bits per heavy atom. The van der Waals surface area contributed by atoms with E-state index in [1.807, 2.05) is 6.07 Å². The number of likely N-dealkylation sites (N-methyl/N-ethyl adjacent to an activating group) is 1. The van der Waals surface area contributed by atoms with Crippen molar-refractivity contribution in [3.8, 4) is 5.75 Å². The Bertz CT molecular complexity index is 901. The van der Waals surface area contributed by atoms with Crippen LogP contribution in [0.4, 0.5) is 0 Å². The molecular formula is C21H27N2O2+. The zero-order chi connectivity index (χ0) is 20.1. The summed E-state index contributed by atoms with van der Waals surface area (Å²) in [7, 11) is -0.284. The van der Waals surface area contributed by atoms with E-state index >= 15 is 0 Å². The minimum absolute atomic E-state index is 0.104. The lowest BCUT2D eigenvalue weighted by atomic mass is 9.72. The Kier molecular flexibility index (Phi) is 3.26. The van der Waals surface area contributed by atoms with E-state index in [1.54, 1.807) is 24.4 Å². The summed E-state index contributed by atoms with van der Waals surface area (Å²) in [6, 6.07) is 6.96. The number of pyridine rings is 1. The van der Waals surface area contributed by atoms with E-state index in [4.69, 9.17) is 8.85 Å². The van der Waals surface area contributed by atoms with Crippen LogP contribution in [0.25, 0.3) is 10.9 Å². The van der Waals surface area contributed by atoms with Gasteiger partial charge in [-0.2, -0.15) is 0 Å². The second-order valence-corrected chi connectivity index (χ2v) is 7.76. The number of ether oxygens (including phenoxy) is 1. The molecule has 2 aromatic rings. The summed E-state index contributed by atoms with van der Waals surface area (Å²) in [5.74, 6) is 1.34. The van der Waals surface area contributed by atoms with E-state index in [2.05, 4.69) is 24.7 Å². The molecular weight excluding hydrogens is 312 g/mol. The number of nitrogens with zero attached hydrogens (tertiary/aromatic N) is 2. The number of quaternary nitrogens is 1. The highest BCUT2D eigenvalue weighted by Gasteiger charge is 2.51. The van der Waals surface area contributed by atoms with Gasteiger partial charge in [-0.15, -0.1) is 6.58 Å². The Labute approximate surface area is 153 Å². The van der Waals surface area contributed by atoms with Gasteiger partial charge in [-0.25, -0.2) is 0 Å². The first-order valence-electron chi connectivity index (χ1n) is 10.4. The van der Waals surface area contributed by atoms with Crippen LogP contribution in [0.1, 0.15) is 28.6 Å². The molecule has 132 valence electrons. The molecule has 0 radical (unpaired) electrons. The van der Waals surface area contributed by atoms with Crippen molar-refractivity contribution in [2.45, 2.75) is 25.0 Å². The molecule has 1 aromatic carbocycles. The number of rotatable bonds is 4. The molecule has 0 aliphatic carbocycles. The van der Waals surface area contributed by atoms with Gasteiger partial charge in [0.05, 0.1) is 36.8 Å². The highest BCUT2D eigenvalue weighted by atomic mass is 16.5. The second kappa shape index (κ2) is 6.11. The highest BCUT2D eigenvalue weighted by molar-refractivity contribution is 5.83. The van der Waals surface area contributed by atoms with Gasteiger partial charge >= 0.3 is 0 Å². The molecule has 4 heteroatoms. The molecule has 1 aromatic heterocycles. The number of methoxy groups -OCH3 is 1. The van der Waals surface area contributed by atoms with Gasteiger partial charge in [0.25, 0.3) is 0 Å². The highest BCUT2D eigenvalue weighted by Crippen LogP contribution is 2.45. The van der Waals surface area contributed by atoms with Gasteiger partial charge in [0.2, 0.25) is 0 Å². The van der Waals surface area contributed by atoms with E-state index in [9.17, 15) is 5.11 Å². The van der Waals surface area contributed by atoms with Gasteiger partial charge < -0.3 is 14.3 Å². The molecule has 5 atom stereocenters. The molecule has 2 bridgehead atoms. The van der Waals surface area contributed by atoms with Crippen molar-refractivity contribution >= 4 is 10.9 Å². The monoisotopic (exact) mass is 342 g/mol. The summed E-state index contributed by atoms with van der Waals surface area (Å²) in [5, 5.41) is 12.1. The number of hydrogen-bond donors (Lipinski definition) is 1. The van der Waals surface area contributed by atoms with E-state index < -0.39 is 13.1 Å². The maximum atomic E-state index is 11.4. The molecule has 0 saturated carbocycles. The van der Waals surface area contributed by atoms with Crippen molar-refractivity contribution in [3.63, 3.8) is 0 Å². The molecule has 3 aliphatic heterocycles. The predicted octanol–water partition coefficient (Wildman–Crippen LogP) is 3.32. The maximum Gasteiger partial charge on any atom is 0.131 e. The molecule has 1 N–H and O–H groups in total. The Hall–Kier alpha value is -1.91. The first-order valence-corrected chi connectivity index (χ1v) is 8.93. The summed E-state index contributed by atoms with van der Waals surface area (Å²) in [5.41, 5.74) is 1.50. The fourth-order valence-corrected chi connectivity index (χ4v) is 4.97. The largest absolute Gasteiger partial charge is 0.497 e. The number of fused-ring (bicyclic) bond motifs is 4. The third kappa shape index (κ3) is 2.64. The smallest absolute Gasteiger partial charge is 0.131 e. The second-order valence-electron chi connectivity index (χ2n) is 7.76. The SMILES string of the molecule is [2H]C([2H])([2H])Oc1ccc2nccc([C@H](O)[C@H]3C[C@@H]4CC[N@@+]3(C)C[C@@H]4C=C)c2c1. The zero-order valence-electron chi connectivity index (χ0n) is 17.6. The summed E-state index contributed by atoms with van der Waals surface area (Å²) >= 11 is 0. The lowest BCUT2D eigenvalue weighted by Gasteiger charge is -2.56. The fourth-order valence-electron chi connectivity index (χ4n) is 4.97. The van der Waals surface area contributed by atoms with Gasteiger partial charge in [-0.3, -0.25) is 4.98 Å². The van der Waals surface area contributed by atoms with Crippen LogP contribution >= 0.6 is 0 Å². The fraction of sp³-hybridized carbons (Fsp3) is 0.476. The third-order valence-corrected chi connectivity index (χ3v) is 6.44. The van der Waals surface area contributed by atoms with Crippen molar-refractivity contribution in [1.82, 2.24) is 4.98 Å². The van der Waals surface area contributed by atoms with E-state index in [-0.39, 0.29) is 11.8 Å². The summed E-state index contributed by atoms with van der Waals surface area (Å²) < 4.78 is 27.9. The number of aromatic nitrogens is 1. The molecule has 0 spiro atoms. The van der Waals surface area contributed by atoms with Gasteiger partial charge in [0.15, 0.2) is 0 Å². The van der Waals surface area contributed by atoms with Crippen LogP contribution in [0.2, 0.25) is 0 Å². The molecule has 5 rings (SSSR count). The normalized spacial score (nSPS) is 34.8. The minimum Gasteiger partial charge on any atom is -0.497 e. The van der Waals surface area contributed by atoms with Crippen molar-refractivity contribution in [2.75, 3.05) is 27.2 Å². The minimum atomic E-state index is -2.51. The average molecular weight is 342 g/mol. The van der Waals surface area contributed by atoms with Gasteiger partial charge in [-0.05, 0) is 35.7 Å². The first-order chi connectivity index (χ1) is 13.2. The molecule has 0 amide bonds. The Balaban J connectivity index is 1.70. The molecule has 3 saturated heterocycles. The van der Waals surface area contributed by atoms with E-state index in [1.165, 1.54) is 6.42 Å². The van der Waals surface area contributed by atoms with Gasteiger partial charge in [-0.1, -0.05) is 6.08 Å². The average Bonchev–Trinajstić information content (AvgIpc) is 2.65. The Morgan fingerprint density at radius 2 is 2.36 bits per heavy atom. The van der Waals surface area contributed by atoms with Crippen molar-refractivity contribution in [3.05, 3.63) is 48.7 Å². The third-order valence-electron chi connectivity index (χ3n) is 6.44. The molecule has 4 heterocycles. The van der Waals surface area contributed by atoms with E-state index in [0.717, 1.165) is 40.5 Å². The van der Waals surface area contributed by atoms with Gasteiger partial charge in [0, 0.05) is 30.3 Å². The molecule has 4 nitrogen and oxygen atoms in total. The number of benzene rings is 1. The standard InChI is InChI=1S/C21H27N2O2/c1-4-14-13-23(2)10-8-15(14)11-20(23)21(24)17-7-9-22-19-6-5-16(25-3)12-18(17)19/h4-7,9,12,14-15,20-21,24H,1,8,10-11,13H2,2-3H3/q+1/t14-,15-,20+,21-,23-/m0/s1/i3D3. The molecule has 3 fully saturated rings. The van der Waals surface area contributed by atoms with E-state index in [0.29, 0.717) is 11.8 Å². The number of aliphatic hydroxyl groups is 1. The number of hydrogen-bond acceptors (Lipinski definition) is 3. The van der Waals surface area contributed by atoms with Crippen LogP contribution in [0.3, 0.4) is 0 Å². The summed E-state index contributed by atoms with van der Waals surface area (Å²) in [6.45, 7) is 6.07. The topological polar surface area (TPSA) is 42.4 Å². The summed E-state index contributed by atoms with van der Waals surface area (Å²) in [4.78, 5) is 4.37. The van der Waals surface area contributed by atoms with Crippen LogP contribution in [-0.2, 0) is 0 Å². The quantitative estimate of drug-likeness (QED) is 0.685. The molecule has 3 aliphatic rings. The first kappa shape index (κ1) is 13.3. The molecule has 0 unspecified atom stereocenters.